The minimum Gasteiger partial charge on any atom is -0.450 e. The highest BCUT2D eigenvalue weighted by Crippen LogP contribution is 2.34. The third kappa shape index (κ3) is 4.62. The van der Waals surface area contributed by atoms with E-state index in [1.807, 2.05) is 24.3 Å². The van der Waals surface area contributed by atoms with Crippen LogP contribution in [0.4, 0.5) is 5.69 Å². The van der Waals surface area contributed by atoms with Crippen LogP contribution in [-0.4, -0.2) is 25.2 Å². The van der Waals surface area contributed by atoms with Crippen molar-refractivity contribution in [2.75, 3.05) is 0 Å². The molecule has 0 aliphatic rings. The van der Waals surface area contributed by atoms with Crippen LogP contribution in [0.3, 0.4) is 0 Å². The molecule has 8 nitrogen and oxygen atoms in total. The number of pyridine rings is 1. The summed E-state index contributed by atoms with van der Waals surface area (Å²) >= 11 is 1.57. The number of ether oxygens (including phenoxy) is 1. The molecule has 9 heteroatoms. The summed E-state index contributed by atoms with van der Waals surface area (Å²) in [6, 6.07) is 15.1. The van der Waals surface area contributed by atoms with E-state index in [1.54, 1.807) is 54.1 Å². The molecule has 4 rings (SSSR count). The van der Waals surface area contributed by atoms with Crippen LogP contribution in [0.1, 0.15) is 16.2 Å². The third-order valence-corrected chi connectivity index (χ3v) is 5.39. The molecule has 0 saturated carbocycles. The van der Waals surface area contributed by atoms with Gasteiger partial charge < -0.3 is 9.30 Å². The second-order valence-corrected chi connectivity index (χ2v) is 7.64. The molecule has 2 aromatic heterocycles. The molecule has 2 aromatic carbocycles. The molecular weight excluding hydrogens is 416 g/mol. The first-order chi connectivity index (χ1) is 15.0. The zero-order chi connectivity index (χ0) is 21.8. The Hall–Kier alpha value is -3.98. The molecule has 0 aliphatic heterocycles. The summed E-state index contributed by atoms with van der Waals surface area (Å²) in [7, 11) is 1.68. The van der Waals surface area contributed by atoms with Gasteiger partial charge in [0.1, 0.15) is 5.75 Å². The molecule has 0 radical (unpaired) electrons. The number of nitro groups is 1. The van der Waals surface area contributed by atoms with Crippen molar-refractivity contribution >= 4 is 23.2 Å². The summed E-state index contributed by atoms with van der Waals surface area (Å²) in [5, 5.41) is 11.6. The SMILES string of the molecule is Cn1ccnc1C(=O)c1ccc(Oc2ccc(Sc3ccncc3)cc2)c([N+](=O)[O-])c1. The van der Waals surface area contributed by atoms with E-state index in [4.69, 9.17) is 4.74 Å². The number of ketones is 1. The molecule has 0 spiro atoms. The second kappa shape index (κ2) is 8.80. The zero-order valence-corrected chi connectivity index (χ0v) is 17.2. The summed E-state index contributed by atoms with van der Waals surface area (Å²) in [5.74, 6) is 0.297. The molecule has 154 valence electrons. The van der Waals surface area contributed by atoms with Gasteiger partial charge in [0.15, 0.2) is 5.82 Å². The minimum absolute atomic E-state index is 0.0518. The van der Waals surface area contributed by atoms with Crippen LogP contribution in [0.25, 0.3) is 0 Å². The standard InChI is InChI=1S/C22H16N4O4S/c1-25-13-12-24-22(25)21(27)15-2-7-20(19(14-15)26(28)29)30-16-3-5-17(6-4-16)31-18-8-10-23-11-9-18/h2-14H,1H3. The van der Waals surface area contributed by atoms with Crippen molar-refractivity contribution in [3.05, 3.63) is 101 Å². The smallest absolute Gasteiger partial charge is 0.312 e. The average molecular weight is 432 g/mol. The number of benzene rings is 2. The van der Waals surface area contributed by atoms with E-state index in [2.05, 4.69) is 9.97 Å². The van der Waals surface area contributed by atoms with Gasteiger partial charge in [-0.15, -0.1) is 0 Å². The summed E-state index contributed by atoms with van der Waals surface area (Å²) in [5.41, 5.74) is -0.132. The van der Waals surface area contributed by atoms with Crippen LogP contribution in [0.5, 0.6) is 11.5 Å². The Labute approximate surface area is 181 Å². The van der Waals surface area contributed by atoms with E-state index in [0.717, 1.165) is 9.79 Å². The van der Waals surface area contributed by atoms with Gasteiger partial charge >= 0.3 is 5.69 Å². The zero-order valence-electron chi connectivity index (χ0n) is 16.3. The van der Waals surface area contributed by atoms with Gasteiger partial charge in [0, 0.05) is 53.3 Å². The predicted molar refractivity (Wildman–Crippen MR) is 115 cm³/mol. The molecule has 0 amide bonds. The number of hydrogen-bond donors (Lipinski definition) is 0. The molecule has 4 aromatic rings. The Morgan fingerprint density at radius 2 is 1.74 bits per heavy atom. The van der Waals surface area contributed by atoms with Crippen LogP contribution in [0, 0.1) is 10.1 Å². The number of nitrogens with zero attached hydrogens (tertiary/aromatic N) is 4. The second-order valence-electron chi connectivity index (χ2n) is 6.49. The Morgan fingerprint density at radius 1 is 1.03 bits per heavy atom. The Morgan fingerprint density at radius 3 is 2.39 bits per heavy atom. The van der Waals surface area contributed by atoms with E-state index in [9.17, 15) is 14.9 Å². The lowest BCUT2D eigenvalue weighted by atomic mass is 10.1. The number of hydrogen-bond acceptors (Lipinski definition) is 7. The molecule has 0 aliphatic carbocycles. The van der Waals surface area contributed by atoms with E-state index < -0.39 is 10.7 Å². The monoisotopic (exact) mass is 432 g/mol. The molecular formula is C22H16N4O4S. The molecule has 31 heavy (non-hydrogen) atoms. The van der Waals surface area contributed by atoms with E-state index in [0.29, 0.717) is 5.75 Å². The van der Waals surface area contributed by atoms with Crippen molar-refractivity contribution in [1.29, 1.82) is 0 Å². The van der Waals surface area contributed by atoms with E-state index in [-0.39, 0.29) is 22.8 Å². The first-order valence-electron chi connectivity index (χ1n) is 9.17. The van der Waals surface area contributed by atoms with Gasteiger partial charge in [0.25, 0.3) is 0 Å². The van der Waals surface area contributed by atoms with Crippen LogP contribution in [0.2, 0.25) is 0 Å². The molecule has 0 saturated heterocycles. The molecule has 0 atom stereocenters. The highest BCUT2D eigenvalue weighted by Gasteiger charge is 2.22. The minimum atomic E-state index is -0.571. The van der Waals surface area contributed by atoms with Gasteiger partial charge in [0.05, 0.1) is 4.92 Å². The maximum absolute atomic E-state index is 12.6. The first kappa shape index (κ1) is 20.3. The Kier molecular flexibility index (Phi) is 5.76. The molecule has 0 N–H and O–H groups in total. The topological polar surface area (TPSA) is 100 Å². The predicted octanol–water partition coefficient (Wildman–Crippen LogP) is 4.90. The maximum atomic E-state index is 12.6. The number of nitro benzene ring substituents is 1. The first-order valence-corrected chi connectivity index (χ1v) is 9.99. The van der Waals surface area contributed by atoms with Crippen LogP contribution < -0.4 is 4.74 Å². The van der Waals surface area contributed by atoms with Crippen molar-refractivity contribution in [2.45, 2.75) is 9.79 Å². The molecule has 0 fully saturated rings. The fourth-order valence-electron chi connectivity index (χ4n) is 2.85. The third-order valence-electron chi connectivity index (χ3n) is 4.38. The summed E-state index contributed by atoms with van der Waals surface area (Å²) in [4.78, 5) is 33.7. The number of rotatable bonds is 7. The maximum Gasteiger partial charge on any atom is 0.312 e. The summed E-state index contributed by atoms with van der Waals surface area (Å²) < 4.78 is 7.29. The highest BCUT2D eigenvalue weighted by molar-refractivity contribution is 7.99. The van der Waals surface area contributed by atoms with Crippen molar-refractivity contribution < 1.29 is 14.5 Å². The molecule has 2 heterocycles. The van der Waals surface area contributed by atoms with Crippen molar-refractivity contribution in [1.82, 2.24) is 14.5 Å². The molecule has 0 bridgehead atoms. The summed E-state index contributed by atoms with van der Waals surface area (Å²) in [6.07, 6.45) is 6.58. The van der Waals surface area contributed by atoms with Crippen molar-refractivity contribution in [3.8, 4) is 11.5 Å². The van der Waals surface area contributed by atoms with Crippen molar-refractivity contribution in [2.24, 2.45) is 7.05 Å². The van der Waals surface area contributed by atoms with Gasteiger partial charge in [-0.25, -0.2) is 4.98 Å². The fraction of sp³-hybridized carbons (Fsp3) is 0.0455. The fourth-order valence-corrected chi connectivity index (χ4v) is 3.65. The van der Waals surface area contributed by atoms with Gasteiger partial charge in [-0.1, -0.05) is 11.8 Å². The Bertz CT molecular complexity index is 1240. The lowest BCUT2D eigenvalue weighted by Gasteiger charge is -2.09. The van der Waals surface area contributed by atoms with Gasteiger partial charge in [-0.05, 0) is 48.5 Å². The van der Waals surface area contributed by atoms with Crippen LogP contribution >= 0.6 is 11.8 Å². The summed E-state index contributed by atoms with van der Waals surface area (Å²) in [6.45, 7) is 0. The largest absolute Gasteiger partial charge is 0.450 e. The highest BCUT2D eigenvalue weighted by atomic mass is 32.2. The normalized spacial score (nSPS) is 10.6. The van der Waals surface area contributed by atoms with Gasteiger partial charge in [-0.2, -0.15) is 0 Å². The van der Waals surface area contributed by atoms with E-state index >= 15 is 0 Å². The number of carbonyl (C=O) groups excluding carboxylic acids is 1. The van der Waals surface area contributed by atoms with Gasteiger partial charge in [0.2, 0.25) is 11.5 Å². The lowest BCUT2D eigenvalue weighted by molar-refractivity contribution is -0.385. The number of aromatic nitrogens is 3. The van der Waals surface area contributed by atoms with Crippen LogP contribution in [-0.2, 0) is 7.05 Å². The van der Waals surface area contributed by atoms with Gasteiger partial charge in [-0.3, -0.25) is 19.9 Å². The molecule has 0 unspecified atom stereocenters. The Balaban J connectivity index is 1.54. The van der Waals surface area contributed by atoms with Crippen molar-refractivity contribution in [3.63, 3.8) is 0 Å². The average Bonchev–Trinajstić information content (AvgIpc) is 3.21. The lowest BCUT2D eigenvalue weighted by Crippen LogP contribution is -2.09. The van der Waals surface area contributed by atoms with Crippen LogP contribution in [0.15, 0.2) is 89.2 Å². The van der Waals surface area contributed by atoms with E-state index in [1.165, 1.54) is 24.4 Å². The number of aryl methyl sites for hydroxylation is 1. The quantitative estimate of drug-likeness (QED) is 0.233. The number of carbonyl (C=O) groups is 1. The number of imidazole rings is 1.